The van der Waals surface area contributed by atoms with E-state index in [0.717, 1.165) is 64.5 Å². The molecule has 5 rings (SSSR count). The minimum atomic E-state index is -0.345. The van der Waals surface area contributed by atoms with Gasteiger partial charge in [0.1, 0.15) is 0 Å². The number of morpholine rings is 1. The Labute approximate surface area is 160 Å². The second kappa shape index (κ2) is 7.02. The van der Waals surface area contributed by atoms with E-state index in [-0.39, 0.29) is 17.6 Å². The molecule has 3 aliphatic rings. The van der Waals surface area contributed by atoms with Gasteiger partial charge in [-0.15, -0.1) is 0 Å². The summed E-state index contributed by atoms with van der Waals surface area (Å²) in [6.45, 7) is 6.23. The molecular formula is C21H28N4O2. The van der Waals surface area contributed by atoms with E-state index in [4.69, 9.17) is 4.74 Å². The van der Waals surface area contributed by atoms with Crippen LogP contribution < -0.4 is 0 Å². The van der Waals surface area contributed by atoms with Crippen molar-refractivity contribution in [2.75, 3.05) is 39.4 Å². The molecule has 1 aromatic carbocycles. The second-order valence-electron chi connectivity index (χ2n) is 8.13. The van der Waals surface area contributed by atoms with Crippen LogP contribution in [0, 0.1) is 0 Å². The summed E-state index contributed by atoms with van der Waals surface area (Å²) in [5, 5.41) is 11.6. The predicted octanol–water partition coefficient (Wildman–Crippen LogP) is 1.69. The van der Waals surface area contributed by atoms with E-state index in [9.17, 15) is 5.11 Å². The zero-order valence-corrected chi connectivity index (χ0v) is 15.7. The number of aliphatic hydroxyl groups is 1. The number of benzene rings is 1. The van der Waals surface area contributed by atoms with E-state index in [0.29, 0.717) is 0 Å². The van der Waals surface area contributed by atoms with Gasteiger partial charge in [0.05, 0.1) is 31.7 Å². The smallest absolute Gasteiger partial charge is 0.0922 e. The van der Waals surface area contributed by atoms with Gasteiger partial charge in [0.15, 0.2) is 0 Å². The molecule has 0 amide bonds. The van der Waals surface area contributed by atoms with E-state index in [2.05, 4.69) is 44.0 Å². The maximum Gasteiger partial charge on any atom is 0.0922 e. The third-order valence-electron chi connectivity index (χ3n) is 6.82. The van der Waals surface area contributed by atoms with Gasteiger partial charge >= 0.3 is 0 Å². The summed E-state index contributed by atoms with van der Waals surface area (Å²) in [5.74, 6) is 0. The van der Waals surface area contributed by atoms with Gasteiger partial charge in [-0.05, 0) is 37.1 Å². The minimum Gasteiger partial charge on any atom is -0.390 e. The van der Waals surface area contributed by atoms with Gasteiger partial charge in [0.25, 0.3) is 0 Å². The Morgan fingerprint density at radius 2 is 1.93 bits per heavy atom. The van der Waals surface area contributed by atoms with Crippen LogP contribution in [0.4, 0.5) is 0 Å². The molecule has 2 N–H and O–H groups in total. The molecule has 6 nitrogen and oxygen atoms in total. The molecule has 1 spiro atoms. The first-order chi connectivity index (χ1) is 13.3. The normalized spacial score (nSPS) is 28.5. The molecule has 0 radical (unpaired) electrons. The number of nitrogens with zero attached hydrogens (tertiary/aromatic N) is 3. The summed E-state index contributed by atoms with van der Waals surface area (Å²) >= 11 is 0. The van der Waals surface area contributed by atoms with Crippen LogP contribution in [0.1, 0.15) is 35.7 Å². The molecule has 0 saturated carbocycles. The summed E-state index contributed by atoms with van der Waals surface area (Å²) in [6, 6.07) is 8.83. The van der Waals surface area contributed by atoms with Crippen molar-refractivity contribution < 1.29 is 9.84 Å². The Bertz CT molecular complexity index is 764. The van der Waals surface area contributed by atoms with Gasteiger partial charge in [0.2, 0.25) is 0 Å². The standard InChI is InChI=1S/C21H28N4O2/c26-20-19(25-9-11-27-12-10-25)17-3-1-2-4-18(17)21(20)5-7-24(8-6-21)14-16-13-22-15-23-16/h1-4,13,15,19-20,26H,5-12,14H2,(H,22,23)/t19-,20+/m1/s1. The Balaban J connectivity index is 1.39. The molecule has 0 unspecified atom stereocenters. The van der Waals surface area contributed by atoms with Crippen molar-refractivity contribution in [2.24, 2.45) is 0 Å². The number of nitrogens with one attached hydrogen (secondary N) is 1. The first kappa shape index (κ1) is 17.4. The fourth-order valence-electron chi connectivity index (χ4n) is 5.38. The number of ether oxygens (including phenoxy) is 1. The molecule has 2 saturated heterocycles. The van der Waals surface area contributed by atoms with E-state index < -0.39 is 0 Å². The van der Waals surface area contributed by atoms with Crippen LogP contribution >= 0.6 is 0 Å². The average Bonchev–Trinajstić information content (AvgIpc) is 3.30. The van der Waals surface area contributed by atoms with Gasteiger partial charge in [-0.3, -0.25) is 9.80 Å². The predicted molar refractivity (Wildman–Crippen MR) is 102 cm³/mol. The number of imidazole rings is 1. The highest BCUT2D eigenvalue weighted by atomic mass is 16.5. The van der Waals surface area contributed by atoms with Gasteiger partial charge in [0, 0.05) is 36.9 Å². The number of rotatable bonds is 3. The largest absolute Gasteiger partial charge is 0.390 e. The fraction of sp³-hybridized carbons (Fsp3) is 0.571. The van der Waals surface area contributed by atoms with E-state index in [1.54, 1.807) is 6.33 Å². The lowest BCUT2D eigenvalue weighted by atomic mass is 9.72. The third kappa shape index (κ3) is 2.91. The molecule has 3 heterocycles. The molecule has 144 valence electrons. The molecule has 2 aromatic rings. The Kier molecular flexibility index (Phi) is 4.52. The summed E-state index contributed by atoms with van der Waals surface area (Å²) in [4.78, 5) is 12.2. The second-order valence-corrected chi connectivity index (χ2v) is 8.13. The summed E-state index contributed by atoms with van der Waals surface area (Å²) < 4.78 is 5.55. The lowest BCUT2D eigenvalue weighted by Crippen LogP contribution is -2.51. The number of H-pyrrole nitrogens is 1. The van der Waals surface area contributed by atoms with Crippen molar-refractivity contribution >= 4 is 0 Å². The zero-order valence-electron chi connectivity index (χ0n) is 15.7. The molecule has 1 aromatic heterocycles. The van der Waals surface area contributed by atoms with Crippen LogP contribution in [0.25, 0.3) is 0 Å². The number of hydrogen-bond acceptors (Lipinski definition) is 5. The van der Waals surface area contributed by atoms with Crippen LogP contribution in [0.15, 0.2) is 36.8 Å². The zero-order chi connectivity index (χ0) is 18.3. The van der Waals surface area contributed by atoms with Crippen LogP contribution in [0.3, 0.4) is 0 Å². The summed E-state index contributed by atoms with van der Waals surface area (Å²) in [7, 11) is 0. The van der Waals surface area contributed by atoms with Crippen molar-refractivity contribution in [3.8, 4) is 0 Å². The number of aromatic nitrogens is 2. The third-order valence-corrected chi connectivity index (χ3v) is 6.82. The fourth-order valence-corrected chi connectivity index (χ4v) is 5.38. The molecule has 2 fully saturated rings. The first-order valence-corrected chi connectivity index (χ1v) is 10.1. The Morgan fingerprint density at radius 1 is 1.15 bits per heavy atom. The van der Waals surface area contributed by atoms with Crippen molar-refractivity contribution in [3.63, 3.8) is 0 Å². The summed E-state index contributed by atoms with van der Waals surface area (Å²) in [5.41, 5.74) is 3.73. The molecule has 0 bridgehead atoms. The average molecular weight is 368 g/mol. The highest BCUT2D eigenvalue weighted by molar-refractivity contribution is 5.45. The molecular weight excluding hydrogens is 340 g/mol. The summed E-state index contributed by atoms with van der Waals surface area (Å²) in [6.07, 6.45) is 5.30. The maximum absolute atomic E-state index is 11.6. The molecule has 2 atom stereocenters. The number of likely N-dealkylation sites (tertiary alicyclic amines) is 1. The number of fused-ring (bicyclic) bond motifs is 2. The van der Waals surface area contributed by atoms with Gasteiger partial charge in [-0.1, -0.05) is 24.3 Å². The topological polar surface area (TPSA) is 64.6 Å². The van der Waals surface area contributed by atoms with Gasteiger partial charge in [-0.2, -0.15) is 0 Å². The lowest BCUT2D eigenvalue weighted by molar-refractivity contribution is -0.0493. The van der Waals surface area contributed by atoms with Crippen molar-refractivity contribution in [2.45, 2.75) is 36.9 Å². The number of hydrogen-bond donors (Lipinski definition) is 2. The van der Waals surface area contributed by atoms with Crippen LogP contribution in [-0.2, 0) is 16.7 Å². The van der Waals surface area contributed by atoms with Crippen molar-refractivity contribution in [1.29, 1.82) is 0 Å². The molecule has 1 aliphatic carbocycles. The number of aliphatic hydroxyl groups excluding tert-OH is 1. The monoisotopic (exact) mass is 368 g/mol. The van der Waals surface area contributed by atoms with Crippen LogP contribution in [0.2, 0.25) is 0 Å². The Hall–Kier alpha value is -1.73. The van der Waals surface area contributed by atoms with Gasteiger partial charge in [-0.25, -0.2) is 4.98 Å². The maximum atomic E-state index is 11.6. The van der Waals surface area contributed by atoms with Crippen molar-refractivity contribution in [1.82, 2.24) is 19.8 Å². The van der Waals surface area contributed by atoms with E-state index >= 15 is 0 Å². The molecule has 27 heavy (non-hydrogen) atoms. The quantitative estimate of drug-likeness (QED) is 0.863. The van der Waals surface area contributed by atoms with Crippen molar-refractivity contribution in [3.05, 3.63) is 53.6 Å². The number of piperidine rings is 1. The van der Waals surface area contributed by atoms with E-state index in [1.165, 1.54) is 11.1 Å². The van der Waals surface area contributed by atoms with E-state index in [1.807, 2.05) is 6.20 Å². The SMILES string of the molecule is O[C@H]1[C@H](N2CCOCC2)c2ccccc2C12CCN(Cc1cnc[nH]1)CC2. The molecule has 2 aliphatic heterocycles. The highest BCUT2D eigenvalue weighted by Crippen LogP contribution is 2.52. The lowest BCUT2D eigenvalue weighted by Gasteiger charge is -2.44. The van der Waals surface area contributed by atoms with Crippen LogP contribution in [0.5, 0.6) is 0 Å². The molecule has 6 heteroatoms. The minimum absolute atomic E-state index is 0.101. The van der Waals surface area contributed by atoms with Gasteiger partial charge < -0.3 is 14.8 Å². The number of aromatic amines is 1. The first-order valence-electron chi connectivity index (χ1n) is 10.1. The Morgan fingerprint density at radius 3 is 2.67 bits per heavy atom. The highest BCUT2D eigenvalue weighted by Gasteiger charge is 2.54. The van der Waals surface area contributed by atoms with Crippen LogP contribution in [-0.4, -0.2) is 70.4 Å².